The summed E-state index contributed by atoms with van der Waals surface area (Å²) in [6.07, 6.45) is 5.30. The molecule has 5 nitrogen and oxygen atoms in total. The molecule has 1 N–H and O–H groups in total. The fourth-order valence-corrected chi connectivity index (χ4v) is 2.33. The predicted molar refractivity (Wildman–Crippen MR) is 85.9 cm³/mol. The minimum atomic E-state index is 0.791. The Morgan fingerprint density at radius 2 is 1.82 bits per heavy atom. The van der Waals surface area contributed by atoms with Crippen molar-refractivity contribution in [2.24, 2.45) is 0 Å². The van der Waals surface area contributed by atoms with Crippen LogP contribution in [-0.2, 0) is 0 Å². The predicted octanol–water partition coefficient (Wildman–Crippen LogP) is 3.53. The van der Waals surface area contributed by atoms with Crippen LogP contribution in [0.1, 0.15) is 0 Å². The SMILES string of the molecule is c1ccc(Nc2cc(-c3cccnc3)nc3ccnn23)cc1. The molecule has 0 amide bonds. The molecule has 0 atom stereocenters. The zero-order valence-corrected chi connectivity index (χ0v) is 11.7. The van der Waals surface area contributed by atoms with Gasteiger partial charge in [0.2, 0.25) is 0 Å². The van der Waals surface area contributed by atoms with E-state index in [4.69, 9.17) is 0 Å². The number of nitrogens with zero attached hydrogens (tertiary/aromatic N) is 4. The molecule has 106 valence electrons. The highest BCUT2D eigenvalue weighted by molar-refractivity contribution is 5.68. The summed E-state index contributed by atoms with van der Waals surface area (Å²) in [4.78, 5) is 8.79. The molecule has 5 heteroatoms. The molecular formula is C17H13N5. The summed E-state index contributed by atoms with van der Waals surface area (Å²) in [5.74, 6) is 0.861. The van der Waals surface area contributed by atoms with E-state index in [9.17, 15) is 0 Å². The summed E-state index contributed by atoms with van der Waals surface area (Å²) in [6, 6.07) is 17.8. The van der Waals surface area contributed by atoms with E-state index in [0.29, 0.717) is 0 Å². The van der Waals surface area contributed by atoms with Gasteiger partial charge in [0.1, 0.15) is 5.82 Å². The molecule has 0 aliphatic heterocycles. The maximum atomic E-state index is 4.63. The highest BCUT2D eigenvalue weighted by atomic mass is 15.3. The first-order valence-corrected chi connectivity index (χ1v) is 6.97. The highest BCUT2D eigenvalue weighted by Crippen LogP contribution is 2.23. The maximum Gasteiger partial charge on any atom is 0.157 e. The second-order valence-corrected chi connectivity index (χ2v) is 4.86. The first-order valence-electron chi connectivity index (χ1n) is 6.97. The van der Waals surface area contributed by atoms with Crippen LogP contribution in [0.25, 0.3) is 16.9 Å². The van der Waals surface area contributed by atoms with Crippen molar-refractivity contribution >= 4 is 17.2 Å². The van der Waals surface area contributed by atoms with Gasteiger partial charge < -0.3 is 5.32 Å². The zero-order valence-electron chi connectivity index (χ0n) is 11.7. The minimum absolute atomic E-state index is 0.791. The lowest BCUT2D eigenvalue weighted by molar-refractivity contribution is 0.948. The quantitative estimate of drug-likeness (QED) is 0.626. The van der Waals surface area contributed by atoms with Crippen LogP contribution in [0.2, 0.25) is 0 Å². The van der Waals surface area contributed by atoms with Crippen LogP contribution in [-0.4, -0.2) is 19.6 Å². The van der Waals surface area contributed by atoms with Crippen LogP contribution in [0, 0.1) is 0 Å². The summed E-state index contributed by atoms with van der Waals surface area (Å²) in [6.45, 7) is 0. The lowest BCUT2D eigenvalue weighted by Crippen LogP contribution is -2.02. The van der Waals surface area contributed by atoms with Gasteiger partial charge in [-0.25, -0.2) is 4.98 Å². The van der Waals surface area contributed by atoms with Crippen molar-refractivity contribution in [3.05, 3.63) is 73.2 Å². The molecule has 0 radical (unpaired) electrons. The second kappa shape index (κ2) is 5.29. The van der Waals surface area contributed by atoms with E-state index in [1.54, 1.807) is 16.9 Å². The molecule has 3 aromatic heterocycles. The fraction of sp³-hybridized carbons (Fsp3) is 0. The number of nitrogens with one attached hydrogen (secondary N) is 1. The lowest BCUT2D eigenvalue weighted by Gasteiger charge is -2.10. The standard InChI is InChI=1S/C17H13N5/c1-2-6-14(7-3-1)20-17-11-15(13-5-4-9-18-12-13)21-16-8-10-19-22(16)17/h1-12,20H. The molecule has 0 fully saturated rings. The smallest absolute Gasteiger partial charge is 0.157 e. The third-order valence-electron chi connectivity index (χ3n) is 3.36. The minimum Gasteiger partial charge on any atom is -0.340 e. The molecule has 0 bridgehead atoms. The van der Waals surface area contributed by atoms with Gasteiger partial charge in [0.25, 0.3) is 0 Å². The monoisotopic (exact) mass is 287 g/mol. The summed E-state index contributed by atoms with van der Waals surface area (Å²) in [5.41, 5.74) is 3.63. The van der Waals surface area contributed by atoms with Crippen molar-refractivity contribution in [2.75, 3.05) is 5.32 Å². The van der Waals surface area contributed by atoms with E-state index >= 15 is 0 Å². The van der Waals surface area contributed by atoms with Crippen LogP contribution >= 0.6 is 0 Å². The van der Waals surface area contributed by atoms with Crippen molar-refractivity contribution < 1.29 is 0 Å². The van der Waals surface area contributed by atoms with Crippen molar-refractivity contribution in [3.8, 4) is 11.3 Å². The summed E-state index contributed by atoms with van der Waals surface area (Å²) in [7, 11) is 0. The number of fused-ring (bicyclic) bond motifs is 1. The van der Waals surface area contributed by atoms with Gasteiger partial charge in [-0.3, -0.25) is 4.98 Å². The van der Waals surface area contributed by atoms with Crippen LogP contribution < -0.4 is 5.32 Å². The fourth-order valence-electron chi connectivity index (χ4n) is 2.33. The topological polar surface area (TPSA) is 55.1 Å². The zero-order chi connectivity index (χ0) is 14.8. The first-order chi connectivity index (χ1) is 10.9. The molecule has 0 saturated heterocycles. The normalized spacial score (nSPS) is 10.7. The molecular weight excluding hydrogens is 274 g/mol. The number of hydrogen-bond donors (Lipinski definition) is 1. The number of benzene rings is 1. The lowest BCUT2D eigenvalue weighted by atomic mass is 10.2. The Morgan fingerprint density at radius 3 is 2.64 bits per heavy atom. The van der Waals surface area contributed by atoms with Gasteiger partial charge in [0.05, 0.1) is 11.9 Å². The number of pyridine rings is 1. The summed E-state index contributed by atoms with van der Waals surface area (Å²) < 4.78 is 1.78. The molecule has 1 aromatic carbocycles. The highest BCUT2D eigenvalue weighted by Gasteiger charge is 2.08. The van der Waals surface area contributed by atoms with Gasteiger partial charge in [-0.15, -0.1) is 0 Å². The number of aromatic nitrogens is 4. The molecule has 22 heavy (non-hydrogen) atoms. The first kappa shape index (κ1) is 12.5. The number of hydrogen-bond acceptors (Lipinski definition) is 4. The molecule has 0 aliphatic rings. The third-order valence-corrected chi connectivity index (χ3v) is 3.36. The van der Waals surface area contributed by atoms with E-state index in [2.05, 4.69) is 20.4 Å². The van der Waals surface area contributed by atoms with Gasteiger partial charge in [-0.05, 0) is 24.3 Å². The molecule has 0 aliphatic carbocycles. The van der Waals surface area contributed by atoms with Gasteiger partial charge >= 0.3 is 0 Å². The van der Waals surface area contributed by atoms with Crippen LogP contribution in [0.4, 0.5) is 11.5 Å². The van der Waals surface area contributed by atoms with Gasteiger partial charge in [0.15, 0.2) is 5.65 Å². The Morgan fingerprint density at radius 1 is 0.909 bits per heavy atom. The summed E-state index contributed by atoms with van der Waals surface area (Å²) in [5, 5.41) is 7.71. The van der Waals surface area contributed by atoms with E-state index in [0.717, 1.165) is 28.4 Å². The van der Waals surface area contributed by atoms with Gasteiger partial charge in [-0.1, -0.05) is 18.2 Å². The third kappa shape index (κ3) is 2.29. The Hall–Kier alpha value is -3.21. The van der Waals surface area contributed by atoms with Crippen molar-refractivity contribution in [1.29, 1.82) is 0 Å². The molecule has 4 rings (SSSR count). The number of rotatable bonds is 3. The average Bonchev–Trinajstić information content (AvgIpc) is 3.05. The van der Waals surface area contributed by atoms with Crippen molar-refractivity contribution in [1.82, 2.24) is 19.6 Å². The molecule has 3 heterocycles. The van der Waals surface area contributed by atoms with Gasteiger partial charge in [0, 0.05) is 35.8 Å². The Balaban J connectivity index is 1.84. The largest absolute Gasteiger partial charge is 0.340 e. The Labute approximate surface area is 127 Å². The molecule has 0 saturated carbocycles. The van der Waals surface area contributed by atoms with Crippen LogP contribution in [0.15, 0.2) is 73.2 Å². The average molecular weight is 287 g/mol. The summed E-state index contributed by atoms with van der Waals surface area (Å²) >= 11 is 0. The van der Waals surface area contributed by atoms with Crippen molar-refractivity contribution in [3.63, 3.8) is 0 Å². The molecule has 0 spiro atoms. The molecule has 4 aromatic rings. The van der Waals surface area contributed by atoms with E-state index in [1.807, 2.05) is 60.8 Å². The van der Waals surface area contributed by atoms with E-state index in [1.165, 1.54) is 0 Å². The second-order valence-electron chi connectivity index (χ2n) is 4.86. The van der Waals surface area contributed by atoms with Crippen molar-refractivity contribution in [2.45, 2.75) is 0 Å². The van der Waals surface area contributed by atoms with Gasteiger partial charge in [-0.2, -0.15) is 9.61 Å². The molecule has 0 unspecified atom stereocenters. The van der Waals surface area contributed by atoms with E-state index in [-0.39, 0.29) is 0 Å². The van der Waals surface area contributed by atoms with Crippen LogP contribution in [0.3, 0.4) is 0 Å². The maximum absolute atomic E-state index is 4.63. The van der Waals surface area contributed by atoms with E-state index < -0.39 is 0 Å². The Kier molecular flexibility index (Phi) is 3.01. The number of anilines is 2. The Bertz CT molecular complexity index is 900. The number of para-hydroxylation sites is 1. The van der Waals surface area contributed by atoms with Crippen LogP contribution in [0.5, 0.6) is 0 Å².